The number of ether oxygens (including phenoxy) is 2. The van der Waals surface area contributed by atoms with Crippen molar-refractivity contribution in [2.24, 2.45) is 0 Å². The molecule has 1 aliphatic heterocycles. The first-order chi connectivity index (χ1) is 43.1. The van der Waals surface area contributed by atoms with E-state index >= 15 is 0 Å². The van der Waals surface area contributed by atoms with Crippen LogP contribution in [0.25, 0.3) is 69.7 Å². The molecule has 5 aromatic carbocycles. The van der Waals surface area contributed by atoms with Crippen LogP contribution < -0.4 is 9.47 Å². The number of carbonyl (C=O) groups is 2. The fourth-order valence-electron chi connectivity index (χ4n) is 12.3. The molecule has 0 amide bonds. The highest BCUT2D eigenvalue weighted by molar-refractivity contribution is 8.04. The number of unbranched alkanes of at least 4 members (excludes halogenated alkanes) is 6. The molecule has 0 saturated heterocycles. The van der Waals surface area contributed by atoms with Gasteiger partial charge in [0.2, 0.25) is 0 Å². The number of thioether (sulfide) groups is 2. The molecule has 0 saturated carbocycles. The predicted octanol–water partition coefficient (Wildman–Crippen LogP) is 18.4. The van der Waals surface area contributed by atoms with E-state index in [1.165, 1.54) is 11.7 Å². The molecule has 2 aliphatic carbocycles. The third-order valence-electron chi connectivity index (χ3n) is 16.6. The lowest BCUT2D eigenvalue weighted by molar-refractivity contribution is 0.103. The summed E-state index contributed by atoms with van der Waals surface area (Å²) in [6.07, 6.45) is 11.2. The molecule has 10 aromatic rings. The minimum Gasteiger partial charge on any atom is -0.494 e. The van der Waals surface area contributed by atoms with Crippen LogP contribution in [0.2, 0.25) is 0 Å². The van der Waals surface area contributed by atoms with Gasteiger partial charge in [0.15, 0.2) is 11.6 Å². The van der Waals surface area contributed by atoms with E-state index in [4.69, 9.17) is 24.8 Å². The molecule has 13 rings (SSSR count). The van der Waals surface area contributed by atoms with Crippen molar-refractivity contribution in [1.29, 1.82) is 21.0 Å². The van der Waals surface area contributed by atoms with Gasteiger partial charge in [-0.2, -0.15) is 29.8 Å². The van der Waals surface area contributed by atoms with E-state index in [1.54, 1.807) is 82.6 Å². The molecule has 0 atom stereocenters. The Morgan fingerprint density at radius 2 is 1.08 bits per heavy atom. The summed E-state index contributed by atoms with van der Waals surface area (Å²) < 4.78 is 31.0. The van der Waals surface area contributed by atoms with Crippen molar-refractivity contribution in [3.05, 3.63) is 198 Å². The molecule has 3 aliphatic rings. The SMILES string of the molecule is C=C1Sc2c(n(CCCCCCOc3ccccc3)c3c2c2nsnc2c2c4sc5c(C)c(/C=C6\C(=O)c7ccccc7C6=C(C#N)C#N)sc5c4n(CCCCCCOc4ccccc4)c23)CSC(/C=C2\C(=O)c3ccccc3C2=C(C#N)C#N)=C1C. The highest BCUT2D eigenvalue weighted by Gasteiger charge is 2.36. The molecule has 6 heterocycles. The fourth-order valence-corrected chi connectivity index (χ4v) is 18.1. The van der Waals surface area contributed by atoms with Gasteiger partial charge in [-0.05, 0) is 98.2 Å². The van der Waals surface area contributed by atoms with Crippen LogP contribution in [0, 0.1) is 52.2 Å². The molecular formula is C71H54N8O4S5. The van der Waals surface area contributed by atoms with Crippen molar-refractivity contribution < 1.29 is 19.1 Å². The molecule has 0 bridgehead atoms. The second-order valence-electron chi connectivity index (χ2n) is 21.8. The van der Waals surface area contributed by atoms with Gasteiger partial charge in [-0.25, -0.2) is 0 Å². The van der Waals surface area contributed by atoms with Gasteiger partial charge in [0.25, 0.3) is 0 Å². The van der Waals surface area contributed by atoms with E-state index in [9.17, 15) is 30.6 Å². The third kappa shape index (κ3) is 10.3. The first-order valence-corrected chi connectivity index (χ1v) is 33.3. The number of rotatable bonds is 18. The molecule has 0 unspecified atom stereocenters. The van der Waals surface area contributed by atoms with Gasteiger partial charge in [0, 0.05) is 88.3 Å². The number of thiophene rings is 2. The smallest absolute Gasteiger partial charge is 0.194 e. The first kappa shape index (κ1) is 58.0. The minimum atomic E-state index is -0.231. The number of benzene rings is 5. The summed E-state index contributed by atoms with van der Waals surface area (Å²) in [5.41, 5.74) is 11.2. The Morgan fingerprint density at radius 1 is 0.580 bits per heavy atom. The standard InChI is InChI=1S/C71H54N8O4S5/c1-41-43(3)85-69-54(40-84-55(41)34-52-57(44(36-72)37-73)48-26-14-16-28-50(48)66(52)80)78(30-18-4-6-20-32-82-46-22-10-8-11-23-46)63-59(69)61-62(77-88-76-61)60-64(63)79(31-19-5-7-21-33-83-47-24-12-9-13-25-47)65-70(60)87-68-42(2)56(86-71(65)68)35-53-58(45(38-74)39-75)49-27-15-17-29-51(49)67(53)81/h8-17,22-29,34-35H,3-7,18-21,30-33,40H2,1-2H3/b52-34-,53-35-,55-41?. The molecule has 17 heteroatoms. The van der Waals surface area contributed by atoms with Gasteiger partial charge in [-0.1, -0.05) is 129 Å². The summed E-state index contributed by atoms with van der Waals surface area (Å²) in [5.74, 6) is 1.81. The maximum Gasteiger partial charge on any atom is 0.194 e. The normalized spacial score (nSPS) is 14.9. The second-order valence-corrected chi connectivity index (χ2v) is 26.5. The molecule has 432 valence electrons. The second kappa shape index (κ2) is 25.0. The van der Waals surface area contributed by atoms with Crippen molar-refractivity contribution in [2.75, 3.05) is 13.2 Å². The monoisotopic (exact) mass is 1240 g/mol. The fraction of sp³-hybridized carbons (Fsp3) is 0.211. The summed E-state index contributed by atoms with van der Waals surface area (Å²) in [7, 11) is 0. The van der Waals surface area contributed by atoms with Gasteiger partial charge < -0.3 is 18.6 Å². The Morgan fingerprint density at radius 3 is 1.65 bits per heavy atom. The lowest BCUT2D eigenvalue weighted by atomic mass is 9.99. The highest BCUT2D eigenvalue weighted by atomic mass is 32.2. The number of hydrogen-bond acceptors (Lipinski definition) is 15. The van der Waals surface area contributed by atoms with Crippen molar-refractivity contribution in [1.82, 2.24) is 17.9 Å². The maximum absolute atomic E-state index is 14.4. The Kier molecular flexibility index (Phi) is 16.5. The van der Waals surface area contributed by atoms with Crippen molar-refractivity contribution in [3.63, 3.8) is 0 Å². The number of aryl methyl sites for hydroxylation is 3. The summed E-state index contributed by atoms with van der Waals surface area (Å²) in [4.78, 5) is 32.2. The lowest BCUT2D eigenvalue weighted by Gasteiger charge is -2.19. The Bertz CT molecular complexity index is 4890. The molecule has 0 fully saturated rings. The van der Waals surface area contributed by atoms with Crippen molar-refractivity contribution >= 4 is 139 Å². The number of ketones is 2. The summed E-state index contributed by atoms with van der Waals surface area (Å²) in [5, 5.41) is 43.0. The van der Waals surface area contributed by atoms with E-state index in [-0.39, 0.29) is 22.7 Å². The van der Waals surface area contributed by atoms with Crippen molar-refractivity contribution in [2.45, 2.75) is 89.0 Å². The van der Waals surface area contributed by atoms with E-state index in [1.807, 2.05) is 91.9 Å². The van der Waals surface area contributed by atoms with Crippen LogP contribution in [-0.2, 0) is 18.8 Å². The maximum atomic E-state index is 14.4. The Balaban J connectivity index is 0.969. The van der Waals surface area contributed by atoms with Crippen LogP contribution in [0.15, 0.2) is 164 Å². The van der Waals surface area contributed by atoms with Crippen molar-refractivity contribution in [3.8, 4) is 35.8 Å². The Labute approximate surface area is 529 Å². The van der Waals surface area contributed by atoms with Crippen LogP contribution in [0.4, 0.5) is 0 Å². The number of hydrogen-bond donors (Lipinski definition) is 0. The highest BCUT2D eigenvalue weighted by Crippen LogP contribution is 2.55. The average molecular weight is 1240 g/mol. The number of fused-ring (bicyclic) bond motifs is 14. The minimum absolute atomic E-state index is 0.0981. The topological polar surface area (TPSA) is 183 Å². The van der Waals surface area contributed by atoms with Crippen LogP contribution in [-0.4, -0.2) is 42.7 Å². The molecule has 12 nitrogen and oxygen atoms in total. The van der Waals surface area contributed by atoms with Gasteiger partial charge in [0.1, 0.15) is 58.0 Å². The summed E-state index contributed by atoms with van der Waals surface area (Å²) >= 11 is 7.84. The first-order valence-electron chi connectivity index (χ1n) is 29.2. The van der Waals surface area contributed by atoms with Gasteiger partial charge in [-0.15, -0.1) is 34.4 Å². The zero-order valence-corrected chi connectivity index (χ0v) is 52.3. The van der Waals surface area contributed by atoms with Crippen LogP contribution in [0.1, 0.15) is 106 Å². The number of nitrogens with zero attached hydrogens (tertiary/aromatic N) is 8. The number of Topliss-reactive ketones (excluding diaryl/α,β-unsaturated/α-hetero) is 2. The van der Waals surface area contributed by atoms with Crippen LogP contribution in [0.5, 0.6) is 11.5 Å². The van der Waals surface area contributed by atoms with Gasteiger partial charge in [0.05, 0.1) is 55.6 Å². The zero-order valence-electron chi connectivity index (χ0n) is 48.2. The largest absolute Gasteiger partial charge is 0.494 e. The summed E-state index contributed by atoms with van der Waals surface area (Å²) in [6, 6.07) is 42.5. The number of allylic oxidation sites excluding steroid dienone is 8. The molecular weight excluding hydrogens is 1190 g/mol. The van der Waals surface area contributed by atoms with E-state index < -0.39 is 0 Å². The average Bonchev–Trinajstić information content (AvgIpc) is 1.56. The van der Waals surface area contributed by atoms with E-state index in [0.29, 0.717) is 76.6 Å². The molecule has 88 heavy (non-hydrogen) atoms. The molecule has 0 N–H and O–H groups in total. The van der Waals surface area contributed by atoms with Crippen LogP contribution >= 0.6 is 57.9 Å². The van der Waals surface area contributed by atoms with Gasteiger partial charge >= 0.3 is 0 Å². The number of aromatic nitrogens is 4. The quantitative estimate of drug-likeness (QED) is 0.0451. The van der Waals surface area contributed by atoms with E-state index in [0.717, 1.165) is 152 Å². The van der Waals surface area contributed by atoms with E-state index in [2.05, 4.69) is 40.3 Å². The molecule has 0 radical (unpaired) electrons. The molecule has 5 aromatic heterocycles. The lowest BCUT2D eigenvalue weighted by Crippen LogP contribution is -2.07. The summed E-state index contributed by atoms with van der Waals surface area (Å²) in [6.45, 7) is 11.5. The predicted molar refractivity (Wildman–Crippen MR) is 358 cm³/mol. The third-order valence-corrected chi connectivity index (χ3v) is 22.2. The number of para-hydroxylation sites is 2. The Hall–Kier alpha value is -9.04. The number of nitriles is 4. The number of carbonyl (C=O) groups excluding carboxylic acids is 2. The van der Waals surface area contributed by atoms with Crippen LogP contribution in [0.3, 0.4) is 0 Å². The zero-order chi connectivity index (χ0) is 60.6. The molecule has 0 spiro atoms. The van der Waals surface area contributed by atoms with Gasteiger partial charge in [-0.3, -0.25) is 9.59 Å².